The molecule has 2 rings (SSSR count). The third-order valence-corrected chi connectivity index (χ3v) is 4.16. The van der Waals surface area contributed by atoms with E-state index in [1.165, 1.54) is 4.90 Å². The molecular weight excluding hydrogens is 356 g/mol. The van der Waals surface area contributed by atoms with Gasteiger partial charge in [0.2, 0.25) is 5.91 Å². The molecule has 0 aliphatic heterocycles. The lowest BCUT2D eigenvalue weighted by atomic mass is 9.99. The third kappa shape index (κ3) is 6.44. The lowest BCUT2D eigenvalue weighted by molar-refractivity contribution is -0.120. The number of amides is 2. The van der Waals surface area contributed by atoms with Gasteiger partial charge >= 0.3 is 6.09 Å². The molecule has 2 amide bonds. The zero-order valence-corrected chi connectivity index (χ0v) is 17.2. The summed E-state index contributed by atoms with van der Waals surface area (Å²) in [5.74, 6) is 0.483. The Kier molecular flexibility index (Phi) is 7.26. The number of benzene rings is 1. The van der Waals surface area contributed by atoms with Crippen molar-refractivity contribution in [1.82, 2.24) is 5.32 Å². The summed E-state index contributed by atoms with van der Waals surface area (Å²) in [6.07, 6.45) is 8.64. The zero-order valence-electron chi connectivity index (χ0n) is 17.2. The van der Waals surface area contributed by atoms with Crippen molar-refractivity contribution in [2.24, 2.45) is 0 Å². The highest BCUT2D eigenvalue weighted by Gasteiger charge is 2.28. The van der Waals surface area contributed by atoms with Crippen LogP contribution in [0.15, 0.2) is 48.1 Å². The average molecular weight is 385 g/mol. The topological polar surface area (TPSA) is 67.9 Å². The van der Waals surface area contributed by atoms with Gasteiger partial charge in [-0.05, 0) is 63.5 Å². The van der Waals surface area contributed by atoms with Gasteiger partial charge in [-0.3, -0.25) is 4.79 Å². The van der Waals surface area contributed by atoms with Gasteiger partial charge < -0.3 is 19.7 Å². The number of ether oxygens (including phenoxy) is 2. The first-order chi connectivity index (χ1) is 13.2. The fourth-order valence-corrected chi connectivity index (χ4v) is 2.76. The van der Waals surface area contributed by atoms with Gasteiger partial charge in [0.05, 0.1) is 7.11 Å². The number of alkyl carbamates (subject to hydrolysis) is 1. The van der Waals surface area contributed by atoms with Gasteiger partial charge in [0.1, 0.15) is 17.4 Å². The van der Waals surface area contributed by atoms with Crippen molar-refractivity contribution >= 4 is 17.7 Å². The van der Waals surface area contributed by atoms with E-state index in [0.717, 1.165) is 12.0 Å². The maximum atomic E-state index is 13.1. The highest BCUT2D eigenvalue weighted by Crippen LogP contribution is 2.21. The summed E-state index contributed by atoms with van der Waals surface area (Å²) in [6, 6.07) is 6.43. The van der Waals surface area contributed by atoms with Gasteiger partial charge in [0, 0.05) is 19.2 Å². The number of allylic oxidation sites excluding steroid dienone is 3. The minimum absolute atomic E-state index is 0.226. The Labute approximate surface area is 167 Å². The zero-order chi connectivity index (χ0) is 20.7. The number of anilines is 1. The van der Waals surface area contributed by atoms with Crippen molar-refractivity contribution in [1.29, 1.82) is 0 Å². The van der Waals surface area contributed by atoms with Gasteiger partial charge in [0.15, 0.2) is 0 Å². The van der Waals surface area contributed by atoms with E-state index in [9.17, 15) is 9.59 Å². The number of nitrogens with zero attached hydrogens (tertiary/aromatic N) is 1. The Hall–Kier alpha value is -2.76. The molecule has 1 N–H and O–H groups in total. The van der Waals surface area contributed by atoms with Crippen LogP contribution >= 0.6 is 0 Å². The predicted octanol–water partition coefficient (Wildman–Crippen LogP) is 4.03. The highest BCUT2D eigenvalue weighted by molar-refractivity contribution is 5.98. The Balaban J connectivity index is 2.17. The van der Waals surface area contributed by atoms with E-state index in [-0.39, 0.29) is 5.91 Å². The van der Waals surface area contributed by atoms with E-state index in [0.29, 0.717) is 17.9 Å². The van der Waals surface area contributed by atoms with Crippen molar-refractivity contribution in [3.8, 4) is 5.75 Å². The number of carbonyl (C=O) groups is 2. The standard InChI is InChI=1S/C22H29N2O4/c1-22(2,3)28-21(26)23-19(15-16-9-7-6-8-10-16)20(25)24(4)17-11-13-18(27-5)14-12-17/h7-14,19H,6,15H2,1-5H3,(H,23,26)/t19-/m0/s1. The van der Waals surface area contributed by atoms with Crippen LogP contribution in [0.4, 0.5) is 10.5 Å². The van der Waals surface area contributed by atoms with Crippen LogP contribution in [0.1, 0.15) is 33.6 Å². The first kappa shape index (κ1) is 21.5. The summed E-state index contributed by atoms with van der Waals surface area (Å²) in [6.45, 7) is 5.36. The molecule has 1 radical (unpaired) electrons. The SMILES string of the molecule is COc1ccc(N(C)C(=O)[C@H](CC2=C[CH]CC=C2)NC(=O)OC(C)(C)C)cc1. The van der Waals surface area contributed by atoms with Crippen LogP contribution < -0.4 is 15.0 Å². The molecule has 0 bridgehead atoms. The average Bonchev–Trinajstić information content (AvgIpc) is 2.65. The van der Waals surface area contributed by atoms with Gasteiger partial charge in [-0.2, -0.15) is 0 Å². The largest absolute Gasteiger partial charge is 0.497 e. The summed E-state index contributed by atoms with van der Waals surface area (Å²) < 4.78 is 10.5. The van der Waals surface area contributed by atoms with Gasteiger partial charge in [-0.1, -0.05) is 18.2 Å². The Morgan fingerprint density at radius 3 is 2.43 bits per heavy atom. The van der Waals surface area contributed by atoms with E-state index >= 15 is 0 Å². The van der Waals surface area contributed by atoms with Crippen molar-refractivity contribution in [3.05, 3.63) is 54.5 Å². The number of methoxy groups -OCH3 is 1. The van der Waals surface area contributed by atoms with E-state index < -0.39 is 17.7 Å². The number of carbonyl (C=O) groups excluding carboxylic acids is 2. The van der Waals surface area contributed by atoms with Crippen LogP contribution in [0.5, 0.6) is 5.75 Å². The Bertz CT molecular complexity index is 745. The lowest BCUT2D eigenvalue weighted by Gasteiger charge is -2.27. The molecule has 6 nitrogen and oxygen atoms in total. The molecule has 151 valence electrons. The molecule has 0 spiro atoms. The maximum Gasteiger partial charge on any atom is 0.408 e. The van der Waals surface area contributed by atoms with Crippen LogP contribution in [0.25, 0.3) is 0 Å². The number of likely N-dealkylation sites (N-methyl/N-ethyl adjacent to an activating group) is 1. The van der Waals surface area contributed by atoms with Crippen LogP contribution in [0.2, 0.25) is 0 Å². The number of hydrogen-bond acceptors (Lipinski definition) is 4. The molecule has 0 unspecified atom stereocenters. The minimum atomic E-state index is -0.746. The number of rotatable bonds is 6. The first-order valence-corrected chi connectivity index (χ1v) is 9.29. The quantitative estimate of drug-likeness (QED) is 0.803. The summed E-state index contributed by atoms with van der Waals surface area (Å²) in [7, 11) is 3.28. The first-order valence-electron chi connectivity index (χ1n) is 9.29. The summed E-state index contributed by atoms with van der Waals surface area (Å²) in [5.41, 5.74) is 1.04. The van der Waals surface area contributed by atoms with Gasteiger partial charge in [0.25, 0.3) is 0 Å². The molecule has 28 heavy (non-hydrogen) atoms. The number of hydrogen-bond donors (Lipinski definition) is 1. The monoisotopic (exact) mass is 385 g/mol. The molecule has 1 aliphatic carbocycles. The molecule has 0 saturated heterocycles. The maximum absolute atomic E-state index is 13.1. The Morgan fingerprint density at radius 2 is 1.89 bits per heavy atom. The van der Waals surface area contributed by atoms with Crippen LogP contribution in [-0.4, -0.2) is 37.8 Å². The summed E-state index contributed by atoms with van der Waals surface area (Å²) >= 11 is 0. The molecule has 1 atom stereocenters. The van der Waals surface area contributed by atoms with Crippen LogP contribution in [0.3, 0.4) is 0 Å². The lowest BCUT2D eigenvalue weighted by Crippen LogP contribution is -2.49. The second kappa shape index (κ2) is 9.44. The van der Waals surface area contributed by atoms with Crippen molar-refractivity contribution in [2.75, 3.05) is 19.1 Å². The predicted molar refractivity (Wildman–Crippen MR) is 110 cm³/mol. The third-order valence-electron chi connectivity index (χ3n) is 4.16. The van der Waals surface area contributed by atoms with Crippen LogP contribution in [0, 0.1) is 6.42 Å². The normalized spacial score (nSPS) is 14.7. The molecule has 1 aromatic carbocycles. The summed E-state index contributed by atoms with van der Waals surface area (Å²) in [5, 5.41) is 2.73. The fourth-order valence-electron chi connectivity index (χ4n) is 2.76. The fraction of sp³-hybridized carbons (Fsp3) is 0.409. The van der Waals surface area contributed by atoms with E-state index in [4.69, 9.17) is 9.47 Å². The van der Waals surface area contributed by atoms with Crippen LogP contribution in [-0.2, 0) is 9.53 Å². The molecule has 0 fully saturated rings. The molecule has 0 saturated carbocycles. The molecule has 0 aromatic heterocycles. The molecular formula is C22H29N2O4. The second-order valence-electron chi connectivity index (χ2n) is 7.61. The van der Waals surface area contributed by atoms with E-state index in [1.54, 1.807) is 59.2 Å². The molecule has 0 heterocycles. The summed E-state index contributed by atoms with van der Waals surface area (Å²) in [4.78, 5) is 27.0. The smallest absolute Gasteiger partial charge is 0.408 e. The van der Waals surface area contributed by atoms with Gasteiger partial charge in [-0.25, -0.2) is 4.79 Å². The van der Waals surface area contributed by atoms with Crippen molar-refractivity contribution in [3.63, 3.8) is 0 Å². The minimum Gasteiger partial charge on any atom is -0.497 e. The Morgan fingerprint density at radius 1 is 1.21 bits per heavy atom. The molecule has 1 aromatic rings. The van der Waals surface area contributed by atoms with Crippen molar-refractivity contribution in [2.45, 2.75) is 45.3 Å². The highest BCUT2D eigenvalue weighted by atomic mass is 16.6. The number of nitrogens with one attached hydrogen (secondary N) is 1. The second-order valence-corrected chi connectivity index (χ2v) is 7.61. The molecule has 6 heteroatoms. The van der Waals surface area contributed by atoms with Crippen molar-refractivity contribution < 1.29 is 19.1 Å². The van der Waals surface area contributed by atoms with E-state index in [1.807, 2.05) is 24.6 Å². The molecule has 1 aliphatic rings. The van der Waals surface area contributed by atoms with E-state index in [2.05, 4.69) is 5.32 Å². The van der Waals surface area contributed by atoms with Gasteiger partial charge in [-0.15, -0.1) is 0 Å².